The molecule has 0 amide bonds. The van der Waals surface area contributed by atoms with Gasteiger partial charge >= 0.3 is 0 Å². The van der Waals surface area contributed by atoms with Crippen LogP contribution in [0.2, 0.25) is 0 Å². The molecule has 0 atom stereocenters. The van der Waals surface area contributed by atoms with Gasteiger partial charge in [0.15, 0.2) is 0 Å². The van der Waals surface area contributed by atoms with Crippen LogP contribution < -0.4 is 5.14 Å². The maximum Gasteiger partial charge on any atom is 0.0218 e. The summed E-state index contributed by atoms with van der Waals surface area (Å²) in [6.07, 6.45) is 0. The lowest BCUT2D eigenvalue weighted by molar-refractivity contribution is 0.804. The molecule has 1 nitrogen and oxygen atoms in total. The van der Waals surface area contributed by atoms with E-state index < -0.39 is 0 Å². The van der Waals surface area contributed by atoms with Crippen LogP contribution in [0.4, 0.5) is 0 Å². The Hall–Kier alpha value is 0.310. The van der Waals surface area contributed by atoms with Gasteiger partial charge in [-0.2, -0.15) is 0 Å². The number of rotatable bonds is 0. The zero-order valence-corrected chi connectivity index (χ0v) is 5.30. The first-order valence-electron chi connectivity index (χ1n) is 1.94. The van der Waals surface area contributed by atoms with Gasteiger partial charge in [-0.05, 0) is 20.8 Å². The molecule has 6 heavy (non-hydrogen) atoms. The van der Waals surface area contributed by atoms with Crippen LogP contribution in [-0.4, -0.2) is 4.75 Å². The highest BCUT2D eigenvalue weighted by molar-refractivity contribution is 7.98. The summed E-state index contributed by atoms with van der Waals surface area (Å²) in [5.41, 5.74) is 0. The summed E-state index contributed by atoms with van der Waals surface area (Å²) < 4.78 is 0.236. The number of nitrogens with two attached hydrogens (primary N) is 1. The van der Waals surface area contributed by atoms with Crippen molar-refractivity contribution in [1.82, 2.24) is 0 Å². The molecule has 0 spiro atoms. The minimum atomic E-state index is 0.236. The highest BCUT2D eigenvalue weighted by Gasteiger charge is 2.05. The topological polar surface area (TPSA) is 26.0 Å². The predicted octanol–water partition coefficient (Wildman–Crippen LogP) is 1.39. The van der Waals surface area contributed by atoms with Crippen LogP contribution in [0.25, 0.3) is 0 Å². The Kier molecular flexibility index (Phi) is 1.94. The molecule has 0 rings (SSSR count). The summed E-state index contributed by atoms with van der Waals surface area (Å²) in [6, 6.07) is 0. The highest BCUT2D eigenvalue weighted by Crippen LogP contribution is 2.15. The van der Waals surface area contributed by atoms with Gasteiger partial charge in [-0.25, -0.2) is 0 Å². The van der Waals surface area contributed by atoms with E-state index in [2.05, 4.69) is 20.8 Å². The Morgan fingerprint density at radius 3 is 1.50 bits per heavy atom. The molecule has 2 heteroatoms. The number of hydrogen-bond donors (Lipinski definition) is 1. The second-order valence-electron chi connectivity index (χ2n) is 2.23. The van der Waals surface area contributed by atoms with E-state index in [0.29, 0.717) is 0 Å². The molecule has 38 valence electrons. The summed E-state index contributed by atoms with van der Waals surface area (Å²) in [5, 5.41) is 5.22. The Balaban J connectivity index is 3.17. The molecule has 0 aliphatic heterocycles. The van der Waals surface area contributed by atoms with E-state index in [1.807, 2.05) is 0 Å². The van der Waals surface area contributed by atoms with Gasteiger partial charge in [0.1, 0.15) is 0 Å². The normalized spacial score (nSPS) is 12.0. The number of hydrogen-bond acceptors (Lipinski definition) is 2. The standard InChI is InChI=1S/C4H11NS/c1-4(2,3)6-5/h5H2,1-3H3. The van der Waals surface area contributed by atoms with Crippen molar-refractivity contribution in [2.45, 2.75) is 25.5 Å². The third-order valence-corrected chi connectivity index (χ3v) is 1.06. The van der Waals surface area contributed by atoms with Crippen LogP contribution in [-0.2, 0) is 0 Å². The summed E-state index contributed by atoms with van der Waals surface area (Å²) >= 11 is 1.38. The molecule has 0 aliphatic rings. The summed E-state index contributed by atoms with van der Waals surface area (Å²) in [7, 11) is 0. The Labute approximate surface area is 43.4 Å². The van der Waals surface area contributed by atoms with Gasteiger partial charge in [-0.15, -0.1) is 0 Å². The molecule has 0 radical (unpaired) electrons. The second kappa shape index (κ2) is 1.85. The molecule has 0 fully saturated rings. The van der Waals surface area contributed by atoms with Gasteiger partial charge in [-0.3, -0.25) is 5.14 Å². The smallest absolute Gasteiger partial charge is 0.0218 e. The second-order valence-corrected chi connectivity index (χ2v) is 3.69. The molecule has 0 aromatic rings. The van der Waals surface area contributed by atoms with Crippen molar-refractivity contribution in [3.63, 3.8) is 0 Å². The molecule has 0 bridgehead atoms. The molecule has 0 unspecified atom stereocenters. The Morgan fingerprint density at radius 1 is 1.33 bits per heavy atom. The first kappa shape index (κ1) is 6.31. The van der Waals surface area contributed by atoms with Gasteiger partial charge in [0.25, 0.3) is 0 Å². The van der Waals surface area contributed by atoms with Gasteiger partial charge in [0.2, 0.25) is 0 Å². The van der Waals surface area contributed by atoms with Crippen molar-refractivity contribution in [1.29, 1.82) is 0 Å². The molecule has 0 heterocycles. The molecule has 0 saturated carbocycles. The quantitative estimate of drug-likeness (QED) is 0.471. The van der Waals surface area contributed by atoms with Crippen molar-refractivity contribution < 1.29 is 0 Å². The molecule has 0 saturated heterocycles. The lowest BCUT2D eigenvalue weighted by atomic mass is 10.3. The fraction of sp³-hybridized carbons (Fsp3) is 1.00. The van der Waals surface area contributed by atoms with E-state index in [9.17, 15) is 0 Å². The molecule has 2 N–H and O–H groups in total. The van der Waals surface area contributed by atoms with Gasteiger partial charge in [0.05, 0.1) is 0 Å². The zero-order chi connectivity index (χ0) is 5.21. The van der Waals surface area contributed by atoms with E-state index in [1.165, 1.54) is 11.9 Å². The summed E-state index contributed by atoms with van der Waals surface area (Å²) in [4.78, 5) is 0. The van der Waals surface area contributed by atoms with Gasteiger partial charge in [0, 0.05) is 4.75 Å². The van der Waals surface area contributed by atoms with Crippen molar-refractivity contribution >= 4 is 11.9 Å². The molecule has 0 aromatic heterocycles. The minimum absolute atomic E-state index is 0.236. The predicted molar refractivity (Wildman–Crippen MR) is 31.5 cm³/mol. The van der Waals surface area contributed by atoms with Gasteiger partial charge < -0.3 is 0 Å². The SMILES string of the molecule is CC(C)(C)SN. The highest BCUT2D eigenvalue weighted by atomic mass is 32.2. The lowest BCUT2D eigenvalue weighted by Crippen LogP contribution is -2.09. The first-order valence-corrected chi connectivity index (χ1v) is 2.82. The maximum atomic E-state index is 5.22. The van der Waals surface area contributed by atoms with Crippen molar-refractivity contribution in [2.24, 2.45) is 5.14 Å². The average molecular weight is 105 g/mol. The fourth-order valence-corrected chi connectivity index (χ4v) is 0. The van der Waals surface area contributed by atoms with Crippen LogP contribution in [0.5, 0.6) is 0 Å². The van der Waals surface area contributed by atoms with E-state index in [0.717, 1.165) is 0 Å². The van der Waals surface area contributed by atoms with E-state index in [4.69, 9.17) is 5.14 Å². The Bertz CT molecular complexity index is 37.3. The van der Waals surface area contributed by atoms with Crippen LogP contribution >= 0.6 is 11.9 Å². The molecule has 0 aliphatic carbocycles. The Morgan fingerprint density at radius 2 is 1.50 bits per heavy atom. The fourth-order valence-electron chi connectivity index (χ4n) is 0. The third kappa shape index (κ3) is 4.31. The lowest BCUT2D eigenvalue weighted by Gasteiger charge is -2.11. The third-order valence-electron chi connectivity index (χ3n) is 0.354. The molecular weight excluding hydrogens is 94.1 g/mol. The monoisotopic (exact) mass is 105 g/mol. The molecule has 0 aromatic carbocycles. The first-order chi connectivity index (χ1) is 2.56. The van der Waals surface area contributed by atoms with Crippen molar-refractivity contribution in [3.8, 4) is 0 Å². The zero-order valence-electron chi connectivity index (χ0n) is 4.49. The van der Waals surface area contributed by atoms with E-state index in [-0.39, 0.29) is 4.75 Å². The maximum absolute atomic E-state index is 5.22. The largest absolute Gasteiger partial charge is 0.277 e. The van der Waals surface area contributed by atoms with Crippen LogP contribution in [0.1, 0.15) is 20.8 Å². The van der Waals surface area contributed by atoms with E-state index in [1.54, 1.807) is 0 Å². The molecular formula is C4H11NS. The van der Waals surface area contributed by atoms with Crippen molar-refractivity contribution in [2.75, 3.05) is 0 Å². The van der Waals surface area contributed by atoms with Crippen molar-refractivity contribution in [3.05, 3.63) is 0 Å². The van der Waals surface area contributed by atoms with E-state index >= 15 is 0 Å². The van der Waals surface area contributed by atoms with Crippen LogP contribution in [0.3, 0.4) is 0 Å². The summed E-state index contributed by atoms with van der Waals surface area (Å²) in [6.45, 7) is 6.24. The van der Waals surface area contributed by atoms with Crippen LogP contribution in [0.15, 0.2) is 0 Å². The average Bonchev–Trinajstić information content (AvgIpc) is 1.35. The minimum Gasteiger partial charge on any atom is -0.277 e. The summed E-state index contributed by atoms with van der Waals surface area (Å²) in [5.74, 6) is 0. The van der Waals surface area contributed by atoms with Crippen LogP contribution in [0, 0.1) is 0 Å². The van der Waals surface area contributed by atoms with Gasteiger partial charge in [-0.1, -0.05) is 11.9 Å².